The van der Waals surface area contributed by atoms with E-state index in [4.69, 9.17) is 9.47 Å². The summed E-state index contributed by atoms with van der Waals surface area (Å²) in [4.78, 5) is 18.4. The lowest BCUT2D eigenvalue weighted by molar-refractivity contribution is -0.0260. The molecule has 0 saturated carbocycles. The van der Waals surface area contributed by atoms with Gasteiger partial charge in [-0.25, -0.2) is 9.78 Å². The van der Waals surface area contributed by atoms with Crippen molar-refractivity contribution in [2.75, 3.05) is 18.6 Å². The predicted octanol–water partition coefficient (Wildman–Crippen LogP) is 2.18. The van der Waals surface area contributed by atoms with Gasteiger partial charge in [-0.15, -0.1) is 0 Å². The number of morpholine rings is 1. The molecule has 3 unspecified atom stereocenters. The average Bonchev–Trinajstić information content (AvgIpc) is 2.41. The van der Waals surface area contributed by atoms with Crippen LogP contribution in [-0.4, -0.2) is 42.9 Å². The lowest BCUT2D eigenvalue weighted by Crippen LogP contribution is -2.52. The van der Waals surface area contributed by atoms with E-state index in [-0.39, 0.29) is 24.2 Å². The van der Waals surface area contributed by atoms with Crippen molar-refractivity contribution in [3.05, 3.63) is 23.4 Å². The summed E-state index contributed by atoms with van der Waals surface area (Å²) in [6, 6.07) is 3.91. The molecule has 0 amide bonds. The van der Waals surface area contributed by atoms with Gasteiger partial charge in [0.2, 0.25) is 0 Å². The zero-order valence-corrected chi connectivity index (χ0v) is 12.7. The second kappa shape index (κ2) is 5.79. The van der Waals surface area contributed by atoms with Crippen LogP contribution in [0, 0.1) is 6.92 Å². The number of methoxy groups -OCH3 is 1. The number of nitrogens with zero attached hydrogens (tertiary/aromatic N) is 2. The third kappa shape index (κ3) is 2.77. The van der Waals surface area contributed by atoms with Crippen LogP contribution < -0.4 is 4.90 Å². The minimum absolute atomic E-state index is 0.154. The summed E-state index contributed by atoms with van der Waals surface area (Å²) in [5, 5.41) is 0. The number of aromatic nitrogens is 1. The van der Waals surface area contributed by atoms with Crippen molar-refractivity contribution >= 4 is 11.8 Å². The molecular weight excluding hydrogens is 256 g/mol. The average molecular weight is 278 g/mol. The Morgan fingerprint density at radius 1 is 1.40 bits per heavy atom. The van der Waals surface area contributed by atoms with E-state index in [2.05, 4.69) is 30.7 Å². The summed E-state index contributed by atoms with van der Waals surface area (Å²) in [7, 11) is 1.38. The number of hydrogen-bond donors (Lipinski definition) is 0. The zero-order chi connectivity index (χ0) is 14.9. The zero-order valence-electron chi connectivity index (χ0n) is 12.7. The van der Waals surface area contributed by atoms with Crippen molar-refractivity contribution in [3.63, 3.8) is 0 Å². The van der Waals surface area contributed by atoms with Crippen LogP contribution in [0.15, 0.2) is 12.1 Å². The summed E-state index contributed by atoms with van der Waals surface area (Å²) >= 11 is 0. The molecular formula is C15H22N2O3. The maximum absolute atomic E-state index is 11.6. The Morgan fingerprint density at radius 2 is 2.10 bits per heavy atom. The Kier molecular flexibility index (Phi) is 4.28. The third-order valence-electron chi connectivity index (χ3n) is 3.84. The molecule has 5 heteroatoms. The van der Waals surface area contributed by atoms with E-state index in [1.54, 1.807) is 6.07 Å². The van der Waals surface area contributed by atoms with Gasteiger partial charge in [0.05, 0.1) is 36.6 Å². The number of anilines is 1. The number of aryl methyl sites for hydroxylation is 1. The highest BCUT2D eigenvalue weighted by molar-refractivity contribution is 5.90. The lowest BCUT2D eigenvalue weighted by Gasteiger charge is -2.42. The van der Waals surface area contributed by atoms with Crippen LogP contribution >= 0.6 is 0 Å². The van der Waals surface area contributed by atoms with Crippen LogP contribution in [0.2, 0.25) is 0 Å². The van der Waals surface area contributed by atoms with Crippen molar-refractivity contribution < 1.29 is 14.3 Å². The summed E-state index contributed by atoms with van der Waals surface area (Å²) in [6.07, 6.45) is 0.324. The van der Waals surface area contributed by atoms with Crippen molar-refractivity contribution in [2.45, 2.75) is 45.9 Å². The van der Waals surface area contributed by atoms with E-state index < -0.39 is 0 Å². The molecule has 2 rings (SSSR count). The smallest absolute Gasteiger partial charge is 0.339 e. The molecule has 1 aliphatic heterocycles. The van der Waals surface area contributed by atoms with E-state index in [1.165, 1.54) is 7.11 Å². The normalized spacial score (nSPS) is 26.4. The molecule has 1 aromatic heterocycles. The molecule has 0 aliphatic carbocycles. The minimum Gasteiger partial charge on any atom is -0.465 e. The molecule has 0 radical (unpaired) electrons. The summed E-state index contributed by atoms with van der Waals surface area (Å²) < 4.78 is 10.6. The van der Waals surface area contributed by atoms with Crippen LogP contribution in [0.3, 0.4) is 0 Å². The maximum atomic E-state index is 11.6. The number of carbonyl (C=O) groups is 1. The van der Waals surface area contributed by atoms with Crippen LogP contribution in [0.25, 0.3) is 0 Å². The highest BCUT2D eigenvalue weighted by Crippen LogP contribution is 2.24. The fraction of sp³-hybridized carbons (Fsp3) is 0.600. The lowest BCUT2D eigenvalue weighted by atomic mass is 10.1. The molecule has 110 valence electrons. The molecule has 1 aromatic rings. The van der Waals surface area contributed by atoms with Crippen LogP contribution in [-0.2, 0) is 9.47 Å². The van der Waals surface area contributed by atoms with Gasteiger partial charge in [0.25, 0.3) is 0 Å². The third-order valence-corrected chi connectivity index (χ3v) is 3.84. The van der Waals surface area contributed by atoms with E-state index in [0.717, 1.165) is 12.4 Å². The second-order valence-electron chi connectivity index (χ2n) is 5.34. The SMILES string of the molecule is COC(=O)c1ccc(N2CC(C)OC(C)C2C)nc1C. The van der Waals surface area contributed by atoms with Crippen molar-refractivity contribution in [1.82, 2.24) is 4.98 Å². The van der Waals surface area contributed by atoms with Crippen LogP contribution in [0.5, 0.6) is 0 Å². The summed E-state index contributed by atoms with van der Waals surface area (Å²) in [5.41, 5.74) is 1.20. The number of esters is 1. The molecule has 0 bridgehead atoms. The molecule has 20 heavy (non-hydrogen) atoms. The van der Waals surface area contributed by atoms with Gasteiger partial charge in [0.1, 0.15) is 5.82 Å². The topological polar surface area (TPSA) is 51.7 Å². The Labute approximate surface area is 119 Å². The molecule has 1 fully saturated rings. The molecule has 0 spiro atoms. The number of carbonyl (C=O) groups excluding carboxylic acids is 1. The minimum atomic E-state index is -0.349. The van der Waals surface area contributed by atoms with Crippen LogP contribution in [0.4, 0.5) is 5.82 Å². The van der Waals surface area contributed by atoms with Gasteiger partial charge >= 0.3 is 5.97 Å². The molecule has 0 N–H and O–H groups in total. The Bertz CT molecular complexity index is 504. The summed E-state index contributed by atoms with van der Waals surface area (Å²) in [6.45, 7) is 8.89. The molecule has 1 aliphatic rings. The van der Waals surface area contributed by atoms with E-state index in [0.29, 0.717) is 11.3 Å². The number of pyridine rings is 1. The fourth-order valence-corrected chi connectivity index (χ4v) is 2.56. The van der Waals surface area contributed by atoms with Gasteiger partial charge in [-0.05, 0) is 39.8 Å². The van der Waals surface area contributed by atoms with Gasteiger partial charge in [-0.1, -0.05) is 0 Å². The van der Waals surface area contributed by atoms with E-state index in [9.17, 15) is 4.79 Å². The fourth-order valence-electron chi connectivity index (χ4n) is 2.56. The Hall–Kier alpha value is -1.62. The Morgan fingerprint density at radius 3 is 2.70 bits per heavy atom. The van der Waals surface area contributed by atoms with Crippen molar-refractivity contribution in [1.29, 1.82) is 0 Å². The van der Waals surface area contributed by atoms with Crippen LogP contribution in [0.1, 0.15) is 36.8 Å². The first-order valence-electron chi connectivity index (χ1n) is 6.92. The monoisotopic (exact) mass is 278 g/mol. The van der Waals surface area contributed by atoms with Gasteiger partial charge < -0.3 is 14.4 Å². The molecule has 2 heterocycles. The first-order chi connectivity index (χ1) is 9.43. The van der Waals surface area contributed by atoms with Gasteiger partial charge in [-0.3, -0.25) is 0 Å². The number of rotatable bonds is 2. The Balaban J connectivity index is 2.29. The maximum Gasteiger partial charge on any atom is 0.339 e. The van der Waals surface area contributed by atoms with Crippen molar-refractivity contribution in [3.8, 4) is 0 Å². The molecule has 0 aromatic carbocycles. The molecule has 1 saturated heterocycles. The second-order valence-corrected chi connectivity index (χ2v) is 5.34. The number of hydrogen-bond acceptors (Lipinski definition) is 5. The summed E-state index contributed by atoms with van der Waals surface area (Å²) in [5.74, 6) is 0.531. The van der Waals surface area contributed by atoms with Gasteiger partial charge in [-0.2, -0.15) is 0 Å². The predicted molar refractivity (Wildman–Crippen MR) is 77.1 cm³/mol. The van der Waals surface area contributed by atoms with Gasteiger partial charge in [0.15, 0.2) is 0 Å². The highest BCUT2D eigenvalue weighted by atomic mass is 16.5. The quantitative estimate of drug-likeness (QED) is 0.776. The van der Waals surface area contributed by atoms with Gasteiger partial charge in [0, 0.05) is 6.54 Å². The van der Waals surface area contributed by atoms with E-state index in [1.807, 2.05) is 13.0 Å². The highest BCUT2D eigenvalue weighted by Gasteiger charge is 2.30. The standard InChI is InChI=1S/C15H22N2O3/c1-9-8-17(11(3)12(4)20-9)14-7-6-13(10(2)16-14)15(18)19-5/h6-7,9,11-12H,8H2,1-5H3. The first-order valence-corrected chi connectivity index (χ1v) is 6.92. The number of ether oxygens (including phenoxy) is 2. The molecule has 3 atom stereocenters. The van der Waals surface area contributed by atoms with E-state index >= 15 is 0 Å². The largest absolute Gasteiger partial charge is 0.465 e. The first kappa shape index (κ1) is 14.8. The van der Waals surface area contributed by atoms with Crippen molar-refractivity contribution in [2.24, 2.45) is 0 Å². The molecule has 5 nitrogen and oxygen atoms in total.